The maximum Gasteiger partial charge on any atom is 0.430 e. The van der Waals surface area contributed by atoms with Crippen molar-refractivity contribution in [3.05, 3.63) is 101 Å². The fourth-order valence-electron chi connectivity index (χ4n) is 6.34. The smallest absolute Gasteiger partial charge is 0.349 e. The fraction of sp³-hybridized carbons (Fsp3) is 0.417. The summed E-state index contributed by atoms with van der Waals surface area (Å²) in [6, 6.07) is 12.2. The molecule has 3 aromatic carbocycles. The van der Waals surface area contributed by atoms with Gasteiger partial charge >= 0.3 is 12.4 Å². The number of ether oxygens (including phenoxy) is 1. The van der Waals surface area contributed by atoms with Crippen LogP contribution in [0.1, 0.15) is 44.2 Å². The van der Waals surface area contributed by atoms with Crippen LogP contribution in [0.2, 0.25) is 0 Å². The first kappa shape index (κ1) is 42.3. The number of halogens is 9. The van der Waals surface area contributed by atoms with E-state index in [9.17, 15) is 58.1 Å². The summed E-state index contributed by atoms with van der Waals surface area (Å²) < 4.78 is 138. The zero-order valence-corrected chi connectivity index (χ0v) is 29.7. The van der Waals surface area contributed by atoms with E-state index in [0.29, 0.717) is 74.6 Å². The average molecular weight is 794 g/mol. The van der Waals surface area contributed by atoms with Gasteiger partial charge in [-0.25, -0.2) is 13.2 Å². The Morgan fingerprint density at radius 2 is 1.35 bits per heavy atom. The first-order valence-electron chi connectivity index (χ1n) is 16.5. The molecule has 2 aliphatic rings. The Morgan fingerprint density at radius 3 is 1.85 bits per heavy atom. The standard InChI is InChI=1S/C20H26FN3O4S.C16H10F8O/c1-14(25)22-20(8-11-23(12-9-20)15(2)26)19(27)24-10-7-18(13-24)29(28)17-5-3-16(21)4-6-17;17-12-7-4-8-13(18)11(12)9-25-14(15(19,20)21,16(22,23)24)10-5-2-1-3-6-10/h3-6,18H,7-13H2,1-2H3,(H,22,25);1-8H,9H2. The summed E-state index contributed by atoms with van der Waals surface area (Å²) in [5.41, 5.74) is -8.04. The van der Waals surface area contributed by atoms with Gasteiger partial charge in [0.1, 0.15) is 23.0 Å². The van der Waals surface area contributed by atoms with E-state index in [0.717, 1.165) is 18.2 Å². The third kappa shape index (κ3) is 9.25. The van der Waals surface area contributed by atoms with Gasteiger partial charge in [-0.2, -0.15) is 26.3 Å². The van der Waals surface area contributed by atoms with Gasteiger partial charge in [-0.05, 0) is 55.7 Å². The molecule has 5 rings (SSSR count). The van der Waals surface area contributed by atoms with E-state index in [-0.39, 0.29) is 28.8 Å². The summed E-state index contributed by atoms with van der Waals surface area (Å²) in [5.74, 6) is -3.54. The molecule has 0 bridgehead atoms. The average Bonchev–Trinajstić information content (AvgIpc) is 3.59. The molecule has 2 atom stereocenters. The van der Waals surface area contributed by atoms with Crippen LogP contribution < -0.4 is 5.32 Å². The number of likely N-dealkylation sites (tertiary alicyclic amines) is 2. The highest BCUT2D eigenvalue weighted by Crippen LogP contribution is 2.53. The molecule has 2 unspecified atom stereocenters. The number of piperidine rings is 1. The number of amides is 3. The lowest BCUT2D eigenvalue weighted by atomic mass is 9.85. The highest BCUT2D eigenvalue weighted by molar-refractivity contribution is 7.85. The van der Waals surface area contributed by atoms with Crippen molar-refractivity contribution in [2.24, 2.45) is 0 Å². The second kappa shape index (κ2) is 16.9. The van der Waals surface area contributed by atoms with Gasteiger partial charge in [0.25, 0.3) is 5.60 Å². The van der Waals surface area contributed by atoms with Gasteiger partial charge in [-0.3, -0.25) is 18.6 Å². The Labute approximate surface area is 307 Å². The van der Waals surface area contributed by atoms with Gasteiger partial charge in [0.2, 0.25) is 17.7 Å². The topological polar surface area (TPSA) is 96.0 Å². The predicted molar refractivity (Wildman–Crippen MR) is 177 cm³/mol. The molecule has 3 amide bonds. The summed E-state index contributed by atoms with van der Waals surface area (Å²) in [7, 11) is -1.35. The molecular weight excluding hydrogens is 757 g/mol. The van der Waals surface area contributed by atoms with Crippen LogP contribution in [0.5, 0.6) is 0 Å². The summed E-state index contributed by atoms with van der Waals surface area (Å²) in [6.45, 7) is 2.88. The highest BCUT2D eigenvalue weighted by atomic mass is 32.2. The van der Waals surface area contributed by atoms with Crippen molar-refractivity contribution >= 4 is 28.5 Å². The molecule has 2 saturated heterocycles. The molecule has 0 aliphatic carbocycles. The number of hydrogen-bond acceptors (Lipinski definition) is 5. The van der Waals surface area contributed by atoms with E-state index >= 15 is 0 Å². The van der Waals surface area contributed by atoms with Crippen molar-refractivity contribution in [2.75, 3.05) is 26.2 Å². The van der Waals surface area contributed by atoms with Crippen molar-refractivity contribution in [1.82, 2.24) is 15.1 Å². The van der Waals surface area contributed by atoms with Crippen LogP contribution in [0.4, 0.5) is 39.5 Å². The summed E-state index contributed by atoms with van der Waals surface area (Å²) >= 11 is 0. The molecule has 3 aromatic rings. The van der Waals surface area contributed by atoms with E-state index in [2.05, 4.69) is 10.1 Å². The lowest BCUT2D eigenvalue weighted by Crippen LogP contribution is -2.63. The highest BCUT2D eigenvalue weighted by Gasteiger charge is 2.73. The summed E-state index contributed by atoms with van der Waals surface area (Å²) in [4.78, 5) is 40.6. The van der Waals surface area contributed by atoms with Gasteiger partial charge in [0.05, 0.1) is 22.7 Å². The minimum atomic E-state index is -5.92. The Kier molecular flexibility index (Phi) is 13.3. The zero-order chi connectivity index (χ0) is 40.1. The summed E-state index contributed by atoms with van der Waals surface area (Å²) in [6.07, 6.45) is -10.6. The van der Waals surface area contributed by atoms with Gasteiger partial charge in [-0.15, -0.1) is 0 Å². The Balaban J connectivity index is 0.000000244. The van der Waals surface area contributed by atoms with E-state index < -0.39 is 63.7 Å². The molecule has 294 valence electrons. The number of carbonyl (C=O) groups is 3. The molecule has 0 spiro atoms. The van der Waals surface area contributed by atoms with Crippen LogP contribution in [0.15, 0.2) is 77.7 Å². The number of benzene rings is 3. The lowest BCUT2D eigenvalue weighted by Gasteiger charge is -2.42. The first-order chi connectivity index (χ1) is 25.2. The van der Waals surface area contributed by atoms with Crippen LogP contribution >= 0.6 is 0 Å². The molecule has 2 heterocycles. The molecule has 54 heavy (non-hydrogen) atoms. The minimum Gasteiger partial charge on any atom is -0.349 e. The maximum absolute atomic E-state index is 13.5. The molecule has 8 nitrogen and oxygen atoms in total. The number of hydrogen-bond donors (Lipinski definition) is 1. The fourth-order valence-corrected chi connectivity index (χ4v) is 7.77. The van der Waals surface area contributed by atoms with Gasteiger partial charge in [-0.1, -0.05) is 36.4 Å². The SMILES string of the molecule is CC(=O)NC1(C(=O)N2CCC(S(=O)c3ccc(F)cc3)C2)CCN(C(C)=O)CC1.Fc1cccc(F)c1COC(c1ccccc1)(C(F)(F)F)C(F)(F)F. The summed E-state index contributed by atoms with van der Waals surface area (Å²) in [5, 5.41) is 2.59. The number of carbonyl (C=O) groups excluding carboxylic acids is 3. The monoisotopic (exact) mass is 793 g/mol. The molecule has 0 saturated carbocycles. The van der Waals surface area contributed by atoms with Crippen LogP contribution in [-0.4, -0.2) is 81.1 Å². The second-order valence-electron chi connectivity index (χ2n) is 12.7. The van der Waals surface area contributed by atoms with Crippen LogP contribution in [-0.2, 0) is 42.1 Å². The van der Waals surface area contributed by atoms with Gasteiger partial charge < -0.3 is 19.9 Å². The quantitative estimate of drug-likeness (QED) is 0.261. The van der Waals surface area contributed by atoms with E-state index in [1.807, 2.05) is 0 Å². The maximum atomic E-state index is 13.5. The van der Waals surface area contributed by atoms with Crippen molar-refractivity contribution in [3.63, 3.8) is 0 Å². The minimum absolute atomic E-state index is 0.0511. The second-order valence-corrected chi connectivity index (χ2v) is 14.4. The predicted octanol–water partition coefficient (Wildman–Crippen LogP) is 6.55. The van der Waals surface area contributed by atoms with E-state index in [1.165, 1.54) is 44.2 Å². The largest absolute Gasteiger partial charge is 0.430 e. The Bertz CT molecular complexity index is 1780. The Morgan fingerprint density at radius 1 is 0.796 bits per heavy atom. The molecular formula is C36H36F9N3O5S. The molecule has 2 fully saturated rings. The van der Waals surface area contributed by atoms with Crippen molar-refractivity contribution in [2.45, 2.75) is 73.4 Å². The normalized spacial score (nSPS) is 18.0. The zero-order valence-electron chi connectivity index (χ0n) is 28.9. The Hall–Kier alpha value is -4.45. The van der Waals surface area contributed by atoms with E-state index in [4.69, 9.17) is 0 Å². The van der Waals surface area contributed by atoms with E-state index in [1.54, 1.807) is 9.80 Å². The number of nitrogens with one attached hydrogen (secondary N) is 1. The van der Waals surface area contributed by atoms with Crippen LogP contribution in [0.25, 0.3) is 0 Å². The van der Waals surface area contributed by atoms with Crippen LogP contribution in [0.3, 0.4) is 0 Å². The van der Waals surface area contributed by atoms with Crippen molar-refractivity contribution < 1.29 is 62.8 Å². The molecule has 0 radical (unpaired) electrons. The third-order valence-corrected chi connectivity index (χ3v) is 10.9. The lowest BCUT2D eigenvalue weighted by molar-refractivity contribution is -0.392. The van der Waals surface area contributed by atoms with Crippen molar-refractivity contribution in [3.8, 4) is 0 Å². The molecule has 0 aromatic heterocycles. The molecule has 2 aliphatic heterocycles. The number of nitrogens with zero attached hydrogens (tertiary/aromatic N) is 2. The number of alkyl halides is 6. The van der Waals surface area contributed by atoms with Crippen LogP contribution in [0, 0.1) is 17.5 Å². The molecule has 1 N–H and O–H groups in total. The van der Waals surface area contributed by atoms with Gasteiger partial charge in [0.15, 0.2) is 0 Å². The number of rotatable bonds is 8. The van der Waals surface area contributed by atoms with Gasteiger partial charge in [0, 0.05) is 56.0 Å². The van der Waals surface area contributed by atoms with Crippen molar-refractivity contribution in [1.29, 1.82) is 0 Å². The molecule has 18 heteroatoms. The third-order valence-electron chi connectivity index (χ3n) is 9.14. The first-order valence-corrected chi connectivity index (χ1v) is 17.7.